The van der Waals surface area contributed by atoms with E-state index in [1.807, 2.05) is 6.07 Å². The van der Waals surface area contributed by atoms with E-state index in [0.29, 0.717) is 35.7 Å². The van der Waals surface area contributed by atoms with E-state index in [2.05, 4.69) is 6.07 Å². The standard InChI is InChI=1S/C31H34O8/c1-29(2,3)39-28(33)38-24(18-9-6-5-7-10-18)27(32)36-22-14-16-31(34)20-11-8-15-30(31)23-19(17-20)12-13-21(35-4)25(23)37-26(22)30/h5-7,9-10,12-14,20,24,26,34H,8,11,15-17H2,1-4H3/t20-,24-,26+,30+,31-/m1/s1. The van der Waals surface area contributed by atoms with Gasteiger partial charge in [0, 0.05) is 11.1 Å². The quantitative estimate of drug-likeness (QED) is 0.516. The zero-order chi connectivity index (χ0) is 27.6. The Labute approximate surface area is 227 Å². The molecule has 8 nitrogen and oxygen atoms in total. The molecule has 39 heavy (non-hydrogen) atoms. The fourth-order valence-electron chi connectivity index (χ4n) is 7.10. The third-order valence-electron chi connectivity index (χ3n) is 8.61. The number of ether oxygens (including phenoxy) is 5. The average Bonchev–Trinajstić information content (AvgIpc) is 3.23. The third kappa shape index (κ3) is 3.91. The lowest BCUT2D eigenvalue weighted by Gasteiger charge is -2.59. The van der Waals surface area contributed by atoms with Crippen molar-refractivity contribution in [3.63, 3.8) is 0 Å². The number of rotatable bonds is 5. The van der Waals surface area contributed by atoms with Gasteiger partial charge in [0.1, 0.15) is 11.4 Å². The van der Waals surface area contributed by atoms with Gasteiger partial charge in [-0.15, -0.1) is 0 Å². The summed E-state index contributed by atoms with van der Waals surface area (Å²) < 4.78 is 29.0. The smallest absolute Gasteiger partial charge is 0.493 e. The molecule has 0 aromatic heterocycles. The SMILES string of the molecule is COc1ccc2c3c1O[C@H]1C(OC(=O)[C@H](OC(=O)OC(C)(C)C)c4ccccc4)=CC[C@@]4(O)[C@H](CCC[C@]314)C2. The van der Waals surface area contributed by atoms with E-state index < -0.39 is 40.9 Å². The van der Waals surface area contributed by atoms with Crippen LogP contribution in [0.5, 0.6) is 11.5 Å². The largest absolute Gasteiger partial charge is 0.510 e. The molecule has 2 aromatic rings. The first-order valence-electron chi connectivity index (χ1n) is 13.5. The van der Waals surface area contributed by atoms with Crippen molar-refractivity contribution in [3.05, 3.63) is 71.0 Å². The van der Waals surface area contributed by atoms with Crippen LogP contribution in [0, 0.1) is 5.92 Å². The molecule has 5 atom stereocenters. The minimum absolute atomic E-state index is 0.0743. The number of esters is 1. The lowest BCUT2D eigenvalue weighted by Crippen LogP contribution is -2.67. The van der Waals surface area contributed by atoms with Crippen LogP contribution in [0.3, 0.4) is 0 Å². The van der Waals surface area contributed by atoms with E-state index in [4.69, 9.17) is 23.7 Å². The van der Waals surface area contributed by atoms with Crippen LogP contribution in [0.4, 0.5) is 4.79 Å². The van der Waals surface area contributed by atoms with Crippen LogP contribution < -0.4 is 9.47 Å². The second-order valence-corrected chi connectivity index (χ2v) is 11.9. The predicted molar refractivity (Wildman–Crippen MR) is 140 cm³/mol. The molecule has 1 fully saturated rings. The van der Waals surface area contributed by atoms with Crippen LogP contribution in [-0.4, -0.2) is 41.6 Å². The van der Waals surface area contributed by atoms with Gasteiger partial charge in [0.2, 0.25) is 6.10 Å². The molecule has 4 aliphatic rings. The molecule has 1 heterocycles. The van der Waals surface area contributed by atoms with Gasteiger partial charge in [-0.05, 0) is 70.1 Å². The van der Waals surface area contributed by atoms with Gasteiger partial charge >= 0.3 is 12.1 Å². The summed E-state index contributed by atoms with van der Waals surface area (Å²) in [6.45, 7) is 5.16. The molecule has 3 aliphatic carbocycles. The molecule has 0 unspecified atom stereocenters. The van der Waals surface area contributed by atoms with Crippen molar-refractivity contribution in [3.8, 4) is 11.5 Å². The van der Waals surface area contributed by atoms with Crippen LogP contribution >= 0.6 is 0 Å². The third-order valence-corrected chi connectivity index (χ3v) is 8.61. The van der Waals surface area contributed by atoms with Gasteiger partial charge in [-0.3, -0.25) is 0 Å². The van der Waals surface area contributed by atoms with Crippen molar-refractivity contribution in [1.82, 2.24) is 0 Å². The highest BCUT2D eigenvalue weighted by atomic mass is 16.7. The Hall–Kier alpha value is -3.52. The van der Waals surface area contributed by atoms with E-state index in [0.717, 1.165) is 30.4 Å². The van der Waals surface area contributed by atoms with Crippen molar-refractivity contribution in [1.29, 1.82) is 0 Å². The Morgan fingerprint density at radius 2 is 1.90 bits per heavy atom. The topological polar surface area (TPSA) is 101 Å². The van der Waals surface area contributed by atoms with Crippen molar-refractivity contribution >= 4 is 12.1 Å². The molecule has 1 spiro atoms. The second-order valence-electron chi connectivity index (χ2n) is 11.9. The number of carbonyl (C=O) groups is 2. The molecule has 2 aromatic carbocycles. The first kappa shape index (κ1) is 25.7. The molecule has 206 valence electrons. The summed E-state index contributed by atoms with van der Waals surface area (Å²) in [5.41, 5.74) is -0.0123. The van der Waals surface area contributed by atoms with Gasteiger partial charge in [-0.2, -0.15) is 0 Å². The minimum atomic E-state index is -1.35. The van der Waals surface area contributed by atoms with Gasteiger partial charge in [-0.25, -0.2) is 9.59 Å². The molecule has 1 N–H and O–H groups in total. The summed E-state index contributed by atoms with van der Waals surface area (Å²) in [5, 5.41) is 12.2. The molecule has 0 radical (unpaired) electrons. The highest BCUT2D eigenvalue weighted by Gasteiger charge is 2.71. The molecule has 0 amide bonds. The number of benzene rings is 2. The number of hydrogen-bond acceptors (Lipinski definition) is 8. The lowest BCUT2D eigenvalue weighted by molar-refractivity contribution is -0.166. The molecule has 1 saturated carbocycles. The van der Waals surface area contributed by atoms with Gasteiger partial charge in [0.15, 0.2) is 17.6 Å². The number of aliphatic hydroxyl groups is 1. The van der Waals surface area contributed by atoms with Crippen LogP contribution in [-0.2, 0) is 30.8 Å². The lowest BCUT2D eigenvalue weighted by atomic mass is 9.47. The second kappa shape index (κ2) is 9.01. The number of hydrogen-bond donors (Lipinski definition) is 1. The molecular weight excluding hydrogens is 500 g/mol. The molecule has 6 rings (SSSR count). The van der Waals surface area contributed by atoms with Gasteiger partial charge in [0.25, 0.3) is 0 Å². The normalized spacial score (nSPS) is 28.8. The molecule has 2 bridgehead atoms. The van der Waals surface area contributed by atoms with E-state index >= 15 is 0 Å². The zero-order valence-electron chi connectivity index (χ0n) is 22.7. The van der Waals surface area contributed by atoms with Crippen molar-refractivity contribution in [2.24, 2.45) is 5.92 Å². The molecule has 8 heteroatoms. The maximum absolute atomic E-state index is 13.7. The summed E-state index contributed by atoms with van der Waals surface area (Å²) >= 11 is 0. The molecule has 1 aliphatic heterocycles. The predicted octanol–water partition coefficient (Wildman–Crippen LogP) is 5.31. The van der Waals surface area contributed by atoms with Gasteiger partial charge < -0.3 is 28.8 Å². The minimum Gasteiger partial charge on any atom is -0.493 e. The monoisotopic (exact) mass is 534 g/mol. The van der Waals surface area contributed by atoms with Crippen molar-refractivity contribution in [2.75, 3.05) is 7.11 Å². The molecule has 0 saturated heterocycles. The zero-order valence-corrected chi connectivity index (χ0v) is 22.7. The maximum atomic E-state index is 13.7. The summed E-state index contributed by atoms with van der Waals surface area (Å²) in [6.07, 6.45) is 2.38. The molecular formula is C31H34O8. The number of carbonyl (C=O) groups excluding carboxylic acids is 2. The van der Waals surface area contributed by atoms with E-state index in [1.54, 1.807) is 64.3 Å². The number of methoxy groups -OCH3 is 1. The van der Waals surface area contributed by atoms with E-state index in [1.165, 1.54) is 0 Å². The van der Waals surface area contributed by atoms with E-state index in [9.17, 15) is 14.7 Å². The Morgan fingerprint density at radius 3 is 2.62 bits per heavy atom. The Morgan fingerprint density at radius 1 is 1.13 bits per heavy atom. The summed E-state index contributed by atoms with van der Waals surface area (Å²) in [4.78, 5) is 26.2. The average molecular weight is 535 g/mol. The highest BCUT2D eigenvalue weighted by Crippen LogP contribution is 2.67. The van der Waals surface area contributed by atoms with Crippen molar-refractivity contribution < 1.29 is 38.4 Å². The highest BCUT2D eigenvalue weighted by molar-refractivity contribution is 5.80. The summed E-state index contributed by atoms with van der Waals surface area (Å²) in [7, 11) is 1.59. The van der Waals surface area contributed by atoms with E-state index in [-0.39, 0.29) is 5.92 Å². The summed E-state index contributed by atoms with van der Waals surface area (Å²) in [5.74, 6) is 0.808. The first-order valence-corrected chi connectivity index (χ1v) is 13.5. The maximum Gasteiger partial charge on any atom is 0.510 e. The van der Waals surface area contributed by atoms with Crippen LogP contribution in [0.15, 0.2) is 54.3 Å². The Kier molecular flexibility index (Phi) is 5.95. The fourth-order valence-corrected chi connectivity index (χ4v) is 7.10. The fraction of sp³-hybridized carbons (Fsp3) is 0.484. The van der Waals surface area contributed by atoms with Gasteiger partial charge in [-0.1, -0.05) is 42.8 Å². The summed E-state index contributed by atoms with van der Waals surface area (Å²) in [6, 6.07) is 12.7. The van der Waals surface area contributed by atoms with Crippen LogP contribution in [0.2, 0.25) is 0 Å². The van der Waals surface area contributed by atoms with Gasteiger partial charge in [0.05, 0.1) is 18.1 Å². The first-order chi connectivity index (χ1) is 18.6. The Bertz CT molecular complexity index is 1340. The van der Waals surface area contributed by atoms with Crippen molar-refractivity contribution in [2.45, 2.75) is 81.7 Å². The van der Waals surface area contributed by atoms with Crippen LogP contribution in [0.1, 0.15) is 69.2 Å². The Balaban J connectivity index is 1.36. The van der Waals surface area contributed by atoms with Crippen LogP contribution in [0.25, 0.3) is 0 Å².